The molecule has 0 bridgehead atoms. The van der Waals surface area contributed by atoms with Crippen LogP contribution in [-0.4, -0.2) is 60.2 Å². The maximum atomic E-state index is 13.2. The highest BCUT2D eigenvalue weighted by atomic mass is 16.4. The second-order valence-corrected chi connectivity index (χ2v) is 8.45. The quantitative estimate of drug-likeness (QED) is 0.499. The number of amides is 2. The van der Waals surface area contributed by atoms with E-state index in [2.05, 4.69) is 27.9 Å². The molecule has 1 atom stereocenters. The van der Waals surface area contributed by atoms with Crippen LogP contribution in [0.3, 0.4) is 0 Å². The lowest BCUT2D eigenvalue weighted by Gasteiger charge is -2.32. The minimum Gasteiger partial charge on any atom is -0.465 e. The summed E-state index contributed by atoms with van der Waals surface area (Å²) in [5.74, 6) is 0.728. The zero-order valence-corrected chi connectivity index (χ0v) is 18.7. The van der Waals surface area contributed by atoms with E-state index in [-0.39, 0.29) is 11.9 Å². The Kier molecular flexibility index (Phi) is 5.24. The van der Waals surface area contributed by atoms with Crippen molar-refractivity contribution in [3.8, 4) is 11.5 Å². The number of hydrogen-bond acceptors (Lipinski definition) is 4. The summed E-state index contributed by atoms with van der Waals surface area (Å²) >= 11 is 0. The summed E-state index contributed by atoms with van der Waals surface area (Å²) in [5.41, 5.74) is 4.37. The smallest absolute Gasteiger partial charge is 0.404 e. The number of pyridine rings is 1. The van der Waals surface area contributed by atoms with Crippen LogP contribution in [0.5, 0.6) is 0 Å². The Bertz CT molecular complexity index is 1370. The predicted octanol–water partition coefficient (Wildman–Crippen LogP) is 3.48. The number of nitrogens with one attached hydrogen (secondary N) is 1. The van der Waals surface area contributed by atoms with Crippen molar-refractivity contribution >= 4 is 33.9 Å². The number of nitrogens with zero attached hydrogens (tertiary/aromatic N) is 5. The van der Waals surface area contributed by atoms with Crippen LogP contribution in [0.25, 0.3) is 33.5 Å². The van der Waals surface area contributed by atoms with Crippen molar-refractivity contribution in [1.82, 2.24) is 29.3 Å². The first-order valence-electron chi connectivity index (χ1n) is 11.1. The summed E-state index contributed by atoms with van der Waals surface area (Å²) in [6, 6.07) is 9.45. The van der Waals surface area contributed by atoms with Gasteiger partial charge in [0.05, 0.1) is 22.2 Å². The van der Waals surface area contributed by atoms with Crippen molar-refractivity contribution in [1.29, 1.82) is 0 Å². The van der Waals surface area contributed by atoms with E-state index in [1.54, 1.807) is 11.1 Å². The Balaban J connectivity index is 1.49. The number of carbonyl (C=O) groups excluding carboxylic acids is 1. The minimum atomic E-state index is -1.06. The SMILES string of the molecule is CCn1c(-c2nc3cc(C(=O)N4CCCC(NC(=O)O)C4)ccc3n2C)cc2cnccc21. The molecule has 1 unspecified atom stereocenters. The van der Waals surface area contributed by atoms with E-state index in [0.717, 1.165) is 52.8 Å². The molecule has 2 N–H and O–H groups in total. The molecule has 0 radical (unpaired) electrons. The predicted molar refractivity (Wildman–Crippen MR) is 125 cm³/mol. The van der Waals surface area contributed by atoms with Gasteiger partial charge in [0, 0.05) is 56.1 Å². The Morgan fingerprint density at radius 3 is 2.85 bits per heavy atom. The number of carboxylic acid groups (broad SMARTS) is 1. The number of fused-ring (bicyclic) bond motifs is 2. The van der Waals surface area contributed by atoms with Crippen LogP contribution in [0.4, 0.5) is 4.79 Å². The van der Waals surface area contributed by atoms with Crippen LogP contribution in [-0.2, 0) is 13.6 Å². The van der Waals surface area contributed by atoms with Gasteiger partial charge < -0.3 is 24.5 Å². The molecule has 1 aliphatic rings. The molecule has 33 heavy (non-hydrogen) atoms. The van der Waals surface area contributed by atoms with Crippen LogP contribution in [0, 0.1) is 0 Å². The summed E-state index contributed by atoms with van der Waals surface area (Å²) in [6.07, 6.45) is 4.09. The summed E-state index contributed by atoms with van der Waals surface area (Å²) in [6.45, 7) is 3.90. The van der Waals surface area contributed by atoms with E-state index in [0.29, 0.717) is 18.7 Å². The molecule has 0 aliphatic carbocycles. The highest BCUT2D eigenvalue weighted by Gasteiger charge is 2.26. The van der Waals surface area contributed by atoms with Gasteiger partial charge in [0.1, 0.15) is 0 Å². The van der Waals surface area contributed by atoms with Crippen molar-refractivity contribution < 1.29 is 14.7 Å². The lowest BCUT2D eigenvalue weighted by Crippen LogP contribution is -2.49. The van der Waals surface area contributed by atoms with Gasteiger partial charge in [-0.3, -0.25) is 9.78 Å². The van der Waals surface area contributed by atoms with Crippen molar-refractivity contribution in [2.24, 2.45) is 7.05 Å². The lowest BCUT2D eigenvalue weighted by molar-refractivity contribution is 0.0692. The average molecular weight is 447 g/mol. The molecule has 1 aliphatic heterocycles. The number of benzene rings is 1. The van der Waals surface area contributed by atoms with E-state index >= 15 is 0 Å². The molecule has 9 heteroatoms. The number of imidazole rings is 1. The first-order chi connectivity index (χ1) is 16.0. The van der Waals surface area contributed by atoms with Crippen LogP contribution in [0.2, 0.25) is 0 Å². The lowest BCUT2D eigenvalue weighted by atomic mass is 10.0. The molecule has 1 aromatic carbocycles. The van der Waals surface area contributed by atoms with E-state index in [4.69, 9.17) is 10.1 Å². The monoisotopic (exact) mass is 446 g/mol. The summed E-state index contributed by atoms with van der Waals surface area (Å²) in [5, 5.41) is 12.6. The summed E-state index contributed by atoms with van der Waals surface area (Å²) in [7, 11) is 1.98. The maximum Gasteiger partial charge on any atom is 0.404 e. The second kappa shape index (κ2) is 8.23. The molecule has 0 spiro atoms. The molecule has 4 heterocycles. The third-order valence-electron chi connectivity index (χ3n) is 6.41. The van der Waals surface area contributed by atoms with E-state index < -0.39 is 6.09 Å². The van der Waals surface area contributed by atoms with Gasteiger partial charge in [-0.2, -0.15) is 0 Å². The number of carbonyl (C=O) groups is 2. The van der Waals surface area contributed by atoms with Crippen LogP contribution in [0.15, 0.2) is 42.7 Å². The number of rotatable bonds is 4. The number of aromatic nitrogens is 4. The van der Waals surface area contributed by atoms with Crippen LogP contribution in [0.1, 0.15) is 30.1 Å². The van der Waals surface area contributed by atoms with Crippen molar-refractivity contribution in [2.45, 2.75) is 32.4 Å². The van der Waals surface area contributed by atoms with Crippen molar-refractivity contribution in [3.05, 3.63) is 48.3 Å². The molecule has 9 nitrogen and oxygen atoms in total. The van der Waals surface area contributed by atoms with Gasteiger partial charge in [0.25, 0.3) is 5.91 Å². The Labute approximate surface area is 190 Å². The molecule has 4 aromatic rings. The fourth-order valence-corrected chi connectivity index (χ4v) is 4.84. The highest BCUT2D eigenvalue weighted by Crippen LogP contribution is 2.30. The number of aryl methyl sites for hydroxylation is 2. The zero-order chi connectivity index (χ0) is 23.1. The van der Waals surface area contributed by atoms with E-state index in [1.807, 2.05) is 42.1 Å². The number of hydrogen-bond donors (Lipinski definition) is 2. The molecule has 3 aromatic heterocycles. The van der Waals surface area contributed by atoms with Gasteiger partial charge in [-0.15, -0.1) is 0 Å². The molecule has 170 valence electrons. The Hall–Kier alpha value is -3.88. The minimum absolute atomic E-state index is 0.102. The molecule has 5 rings (SSSR count). The Morgan fingerprint density at radius 2 is 2.06 bits per heavy atom. The molecular formula is C24H26N6O3. The second-order valence-electron chi connectivity index (χ2n) is 8.45. The standard InChI is InChI=1S/C24H26N6O3/c1-3-30-19-8-9-25-13-16(19)12-21(30)22-27-18-11-15(6-7-20(18)28(22)2)23(31)29-10-4-5-17(14-29)26-24(32)33/h6-9,11-13,17,26H,3-5,10,14H2,1-2H3,(H,32,33). The third kappa shape index (κ3) is 3.69. The average Bonchev–Trinajstić information content (AvgIpc) is 3.35. The van der Waals surface area contributed by atoms with Gasteiger partial charge in [0.15, 0.2) is 5.82 Å². The first-order valence-corrected chi connectivity index (χ1v) is 11.1. The normalized spacial score (nSPS) is 16.4. The van der Waals surface area contributed by atoms with Crippen molar-refractivity contribution in [2.75, 3.05) is 13.1 Å². The van der Waals surface area contributed by atoms with Crippen molar-refractivity contribution in [3.63, 3.8) is 0 Å². The fraction of sp³-hybridized carbons (Fsp3) is 0.333. The van der Waals surface area contributed by atoms with Gasteiger partial charge in [-0.1, -0.05) is 0 Å². The topological polar surface area (TPSA) is 105 Å². The highest BCUT2D eigenvalue weighted by molar-refractivity contribution is 5.98. The fourth-order valence-electron chi connectivity index (χ4n) is 4.84. The third-order valence-corrected chi connectivity index (χ3v) is 6.41. The maximum absolute atomic E-state index is 13.2. The van der Waals surface area contributed by atoms with Gasteiger partial charge >= 0.3 is 6.09 Å². The number of likely N-dealkylation sites (tertiary alicyclic amines) is 1. The van der Waals surface area contributed by atoms with Gasteiger partial charge in [0.2, 0.25) is 0 Å². The molecular weight excluding hydrogens is 420 g/mol. The molecule has 2 amide bonds. The van der Waals surface area contributed by atoms with E-state index in [9.17, 15) is 9.59 Å². The summed E-state index contributed by atoms with van der Waals surface area (Å²) in [4.78, 5) is 35.0. The number of piperidine rings is 1. The zero-order valence-electron chi connectivity index (χ0n) is 18.7. The van der Waals surface area contributed by atoms with Crippen LogP contribution >= 0.6 is 0 Å². The van der Waals surface area contributed by atoms with Gasteiger partial charge in [-0.25, -0.2) is 9.78 Å². The van der Waals surface area contributed by atoms with Gasteiger partial charge in [-0.05, 0) is 50.1 Å². The van der Waals surface area contributed by atoms with Crippen LogP contribution < -0.4 is 5.32 Å². The summed E-state index contributed by atoms with van der Waals surface area (Å²) < 4.78 is 4.26. The largest absolute Gasteiger partial charge is 0.465 e. The Morgan fingerprint density at radius 1 is 1.21 bits per heavy atom. The van der Waals surface area contributed by atoms with E-state index in [1.165, 1.54) is 0 Å². The molecule has 1 saturated heterocycles. The molecule has 1 fully saturated rings. The first kappa shape index (κ1) is 21.0. The molecule has 0 saturated carbocycles.